The molecule has 5 heteroatoms. The van der Waals surface area contributed by atoms with Crippen molar-refractivity contribution in [2.45, 2.75) is 26.5 Å². The Morgan fingerprint density at radius 2 is 2.25 bits per heavy atom. The topological polar surface area (TPSA) is 52.1 Å². The second-order valence-electron chi connectivity index (χ2n) is 3.14. The number of ether oxygens (including phenoxy) is 1. The summed E-state index contributed by atoms with van der Waals surface area (Å²) in [7, 11) is 0. The van der Waals surface area contributed by atoms with Crippen LogP contribution in [0.1, 0.15) is 35.7 Å². The number of thioether (sulfide) groups is 1. The highest BCUT2D eigenvalue weighted by Gasteiger charge is 2.12. The van der Waals surface area contributed by atoms with Gasteiger partial charge in [-0.05, 0) is 19.6 Å². The van der Waals surface area contributed by atoms with Gasteiger partial charge in [-0.2, -0.15) is 11.8 Å². The molecule has 16 heavy (non-hydrogen) atoms. The molecule has 0 bridgehead atoms. The molecule has 0 aliphatic heterocycles. The van der Waals surface area contributed by atoms with Crippen LogP contribution in [0.5, 0.6) is 0 Å². The summed E-state index contributed by atoms with van der Waals surface area (Å²) in [6.45, 7) is 6.03. The minimum Gasteiger partial charge on any atom is -0.462 e. The van der Waals surface area contributed by atoms with Gasteiger partial charge < -0.3 is 4.74 Å². The molecule has 0 amide bonds. The van der Waals surface area contributed by atoms with E-state index in [1.165, 1.54) is 0 Å². The van der Waals surface area contributed by atoms with Gasteiger partial charge in [0.1, 0.15) is 5.82 Å². The van der Waals surface area contributed by atoms with E-state index in [9.17, 15) is 4.79 Å². The van der Waals surface area contributed by atoms with E-state index in [2.05, 4.69) is 16.9 Å². The first-order chi connectivity index (χ1) is 7.69. The number of aryl methyl sites for hydroxylation is 1. The van der Waals surface area contributed by atoms with Crippen LogP contribution in [-0.4, -0.2) is 28.3 Å². The summed E-state index contributed by atoms with van der Waals surface area (Å²) in [6.07, 6.45) is 1.55. The van der Waals surface area contributed by atoms with E-state index < -0.39 is 0 Å². The maximum Gasteiger partial charge on any atom is 0.341 e. The average Bonchev–Trinajstić information content (AvgIpc) is 2.26. The van der Waals surface area contributed by atoms with Crippen molar-refractivity contribution in [1.29, 1.82) is 0 Å². The minimum absolute atomic E-state index is 0.352. The van der Waals surface area contributed by atoms with Crippen LogP contribution in [0.15, 0.2) is 6.20 Å². The molecule has 0 saturated heterocycles. The van der Waals surface area contributed by atoms with Gasteiger partial charge in [-0.3, -0.25) is 0 Å². The molecule has 0 fully saturated rings. The zero-order valence-electron chi connectivity index (χ0n) is 9.82. The molecule has 0 spiro atoms. The van der Waals surface area contributed by atoms with E-state index >= 15 is 0 Å². The van der Waals surface area contributed by atoms with E-state index in [0.29, 0.717) is 17.9 Å². The summed E-state index contributed by atoms with van der Waals surface area (Å²) in [5.41, 5.74) is 1.13. The van der Waals surface area contributed by atoms with E-state index in [4.69, 9.17) is 4.74 Å². The van der Waals surface area contributed by atoms with Crippen LogP contribution in [0.2, 0.25) is 0 Å². The highest BCUT2D eigenvalue weighted by Crippen LogP contribution is 2.11. The number of nitrogens with zero attached hydrogens (tertiary/aromatic N) is 2. The van der Waals surface area contributed by atoms with Crippen LogP contribution in [0, 0.1) is 6.92 Å². The lowest BCUT2D eigenvalue weighted by molar-refractivity contribution is 0.0524. The third kappa shape index (κ3) is 3.48. The molecule has 4 nitrogen and oxygen atoms in total. The molecule has 1 rings (SSSR count). The smallest absolute Gasteiger partial charge is 0.341 e. The number of rotatable bonds is 5. The summed E-state index contributed by atoms with van der Waals surface area (Å²) in [6, 6.07) is 0. The molecule has 1 aromatic heterocycles. The Labute approximate surface area is 99.8 Å². The van der Waals surface area contributed by atoms with Gasteiger partial charge in [0.2, 0.25) is 0 Å². The predicted octanol–water partition coefficient (Wildman–Crippen LogP) is 2.21. The third-order valence-electron chi connectivity index (χ3n) is 1.96. The highest BCUT2D eigenvalue weighted by molar-refractivity contribution is 7.98. The number of hydrogen-bond donors (Lipinski definition) is 0. The molecular formula is C11H16N2O2S. The average molecular weight is 240 g/mol. The van der Waals surface area contributed by atoms with Crippen molar-refractivity contribution in [2.75, 3.05) is 12.4 Å². The molecule has 0 saturated carbocycles. The molecule has 0 atom stereocenters. The van der Waals surface area contributed by atoms with Gasteiger partial charge in [0, 0.05) is 6.20 Å². The summed E-state index contributed by atoms with van der Waals surface area (Å²) in [5.74, 6) is 2.22. The molecule has 0 N–H and O–H groups in total. The normalized spacial score (nSPS) is 10.2. The fraction of sp³-hybridized carbons (Fsp3) is 0.545. The van der Waals surface area contributed by atoms with Crippen LogP contribution >= 0.6 is 11.8 Å². The van der Waals surface area contributed by atoms with Crippen molar-refractivity contribution in [3.8, 4) is 0 Å². The number of hydrogen-bond acceptors (Lipinski definition) is 5. The van der Waals surface area contributed by atoms with Crippen molar-refractivity contribution >= 4 is 17.7 Å². The lowest BCUT2D eigenvalue weighted by atomic mass is 10.2. The predicted molar refractivity (Wildman–Crippen MR) is 64.6 cm³/mol. The maximum atomic E-state index is 11.5. The molecule has 0 aliphatic rings. The molecular weight excluding hydrogens is 224 g/mol. The number of carbonyl (C=O) groups is 1. The third-order valence-corrected chi connectivity index (χ3v) is 2.83. The van der Waals surface area contributed by atoms with Gasteiger partial charge in [0.05, 0.1) is 23.6 Å². The van der Waals surface area contributed by atoms with Crippen LogP contribution in [0.3, 0.4) is 0 Å². The van der Waals surface area contributed by atoms with Crippen LogP contribution < -0.4 is 0 Å². The van der Waals surface area contributed by atoms with Gasteiger partial charge in [-0.15, -0.1) is 0 Å². The fourth-order valence-corrected chi connectivity index (χ4v) is 1.71. The van der Waals surface area contributed by atoms with Crippen molar-refractivity contribution < 1.29 is 9.53 Å². The minimum atomic E-state index is -0.352. The number of aromatic nitrogens is 2. The second-order valence-corrected chi connectivity index (χ2v) is 4.42. The lowest BCUT2D eigenvalue weighted by Crippen LogP contribution is -2.10. The Kier molecular flexibility index (Phi) is 5.25. The zero-order valence-corrected chi connectivity index (χ0v) is 10.6. The van der Waals surface area contributed by atoms with E-state index in [-0.39, 0.29) is 5.97 Å². The van der Waals surface area contributed by atoms with Crippen molar-refractivity contribution in [3.05, 3.63) is 23.3 Å². The molecule has 0 radical (unpaired) electrons. The highest BCUT2D eigenvalue weighted by atomic mass is 32.2. The molecule has 0 unspecified atom stereocenters. The Balaban J connectivity index is 2.78. The first kappa shape index (κ1) is 13.0. The molecule has 0 aliphatic carbocycles. The SMILES string of the molecule is CCOC(=O)c1cnc(CSCC)nc1C. The van der Waals surface area contributed by atoms with E-state index in [1.54, 1.807) is 31.8 Å². The van der Waals surface area contributed by atoms with Crippen LogP contribution in [-0.2, 0) is 10.5 Å². The van der Waals surface area contributed by atoms with Crippen LogP contribution in [0.4, 0.5) is 0 Å². The largest absolute Gasteiger partial charge is 0.462 e. The standard InChI is InChI=1S/C11H16N2O2S/c1-4-15-11(14)9-6-12-10(7-16-5-2)13-8(9)3/h6H,4-5,7H2,1-3H3. The quantitative estimate of drug-likeness (QED) is 0.739. The van der Waals surface area contributed by atoms with Gasteiger partial charge >= 0.3 is 5.97 Å². The monoisotopic (exact) mass is 240 g/mol. The van der Waals surface area contributed by atoms with E-state index in [1.807, 2.05) is 0 Å². The van der Waals surface area contributed by atoms with Crippen molar-refractivity contribution in [2.24, 2.45) is 0 Å². The van der Waals surface area contributed by atoms with Gasteiger partial charge in [-0.25, -0.2) is 14.8 Å². The Bertz CT molecular complexity index is 369. The summed E-state index contributed by atoms with van der Waals surface area (Å²) in [5, 5.41) is 0. The van der Waals surface area contributed by atoms with Gasteiger partial charge in [0.15, 0.2) is 0 Å². The Hall–Kier alpha value is -1.10. The lowest BCUT2D eigenvalue weighted by Gasteiger charge is -2.05. The van der Waals surface area contributed by atoms with Gasteiger partial charge in [-0.1, -0.05) is 6.92 Å². The van der Waals surface area contributed by atoms with Crippen LogP contribution in [0.25, 0.3) is 0 Å². The van der Waals surface area contributed by atoms with Crippen molar-refractivity contribution in [3.63, 3.8) is 0 Å². The molecule has 1 aromatic rings. The van der Waals surface area contributed by atoms with E-state index in [0.717, 1.165) is 17.3 Å². The Morgan fingerprint density at radius 3 is 2.81 bits per heavy atom. The summed E-state index contributed by atoms with van der Waals surface area (Å²) in [4.78, 5) is 19.9. The summed E-state index contributed by atoms with van der Waals surface area (Å²) < 4.78 is 4.91. The maximum absolute atomic E-state index is 11.5. The molecule has 0 aromatic carbocycles. The van der Waals surface area contributed by atoms with Crippen molar-refractivity contribution in [1.82, 2.24) is 9.97 Å². The zero-order chi connectivity index (χ0) is 12.0. The molecule has 1 heterocycles. The molecule has 88 valence electrons. The second kappa shape index (κ2) is 6.48. The first-order valence-corrected chi connectivity index (χ1v) is 6.41. The Morgan fingerprint density at radius 1 is 1.50 bits per heavy atom. The van der Waals surface area contributed by atoms with Gasteiger partial charge in [0.25, 0.3) is 0 Å². The fourth-order valence-electron chi connectivity index (χ4n) is 1.19. The number of esters is 1. The number of carbonyl (C=O) groups excluding carboxylic acids is 1. The summed E-state index contributed by atoms with van der Waals surface area (Å²) >= 11 is 1.75. The first-order valence-electron chi connectivity index (χ1n) is 5.26.